The third-order valence-corrected chi connectivity index (χ3v) is 2.55. The summed E-state index contributed by atoms with van der Waals surface area (Å²) in [4.78, 5) is 0. The molecule has 1 rings (SSSR count). The molecule has 1 atom stereocenters. The summed E-state index contributed by atoms with van der Waals surface area (Å²) in [7, 11) is 0. The fraction of sp³-hybridized carbons (Fsp3) is 0.400. The Bertz CT molecular complexity index is 251. The Hall–Kier alpha value is -0.0900. The van der Waals surface area contributed by atoms with E-state index in [1.807, 2.05) is 24.3 Å². The lowest BCUT2D eigenvalue weighted by molar-refractivity contribution is 0.618. The summed E-state index contributed by atoms with van der Waals surface area (Å²) in [5.74, 6) is 0. The minimum atomic E-state index is 0. The van der Waals surface area contributed by atoms with Gasteiger partial charge in [-0.2, -0.15) is 0 Å². The first-order valence-corrected chi connectivity index (χ1v) is 5.24. The van der Waals surface area contributed by atoms with Crippen LogP contribution in [0.1, 0.15) is 24.4 Å². The Labute approximate surface area is 99.6 Å². The molecule has 0 saturated carbocycles. The van der Waals surface area contributed by atoms with Crippen molar-refractivity contribution in [3.63, 3.8) is 0 Å². The van der Waals surface area contributed by atoms with Gasteiger partial charge in [-0.15, -0.1) is 12.4 Å². The van der Waals surface area contributed by atoms with E-state index in [4.69, 9.17) is 11.5 Å². The van der Waals surface area contributed by atoms with Gasteiger partial charge in [0.2, 0.25) is 0 Å². The van der Waals surface area contributed by atoms with Crippen molar-refractivity contribution in [2.75, 3.05) is 6.54 Å². The van der Waals surface area contributed by atoms with Crippen LogP contribution in [0.3, 0.4) is 0 Å². The topological polar surface area (TPSA) is 52.0 Å². The Kier molecular flexibility index (Phi) is 7.19. The zero-order chi connectivity index (χ0) is 9.68. The van der Waals surface area contributed by atoms with Crippen LogP contribution in [0, 0.1) is 0 Å². The van der Waals surface area contributed by atoms with Gasteiger partial charge in [0.15, 0.2) is 0 Å². The number of hydrogen-bond donors (Lipinski definition) is 2. The molecule has 0 aromatic heterocycles. The van der Waals surface area contributed by atoms with Crippen LogP contribution >= 0.6 is 28.3 Å². The van der Waals surface area contributed by atoms with Gasteiger partial charge in [0.25, 0.3) is 0 Å². The molecule has 0 aliphatic rings. The van der Waals surface area contributed by atoms with Gasteiger partial charge in [0.1, 0.15) is 0 Å². The summed E-state index contributed by atoms with van der Waals surface area (Å²) in [5, 5.41) is 0. The first kappa shape index (κ1) is 13.9. The molecule has 2 nitrogen and oxygen atoms in total. The van der Waals surface area contributed by atoms with Crippen LogP contribution in [0.25, 0.3) is 0 Å². The van der Waals surface area contributed by atoms with Crippen LogP contribution < -0.4 is 11.5 Å². The highest BCUT2D eigenvalue weighted by molar-refractivity contribution is 9.10. The summed E-state index contributed by atoms with van der Waals surface area (Å²) in [6.45, 7) is 0.713. The molecule has 14 heavy (non-hydrogen) atoms. The quantitative estimate of drug-likeness (QED) is 0.890. The monoisotopic (exact) mass is 278 g/mol. The van der Waals surface area contributed by atoms with Crippen molar-refractivity contribution in [1.29, 1.82) is 0 Å². The summed E-state index contributed by atoms with van der Waals surface area (Å²) in [5.41, 5.74) is 12.6. The highest BCUT2D eigenvalue weighted by atomic mass is 79.9. The Morgan fingerprint density at radius 3 is 2.29 bits per heavy atom. The smallest absolute Gasteiger partial charge is 0.0295 e. The minimum Gasteiger partial charge on any atom is -0.330 e. The van der Waals surface area contributed by atoms with Crippen molar-refractivity contribution in [2.24, 2.45) is 11.5 Å². The van der Waals surface area contributed by atoms with E-state index < -0.39 is 0 Å². The molecule has 0 spiro atoms. The molecule has 0 aliphatic heterocycles. The van der Waals surface area contributed by atoms with Gasteiger partial charge < -0.3 is 11.5 Å². The lowest BCUT2D eigenvalue weighted by Gasteiger charge is -2.10. The second-order valence-electron chi connectivity index (χ2n) is 3.09. The average Bonchev–Trinajstić information content (AvgIpc) is 2.15. The minimum absolute atomic E-state index is 0. The second-order valence-corrected chi connectivity index (χ2v) is 4.00. The second kappa shape index (κ2) is 7.23. The van der Waals surface area contributed by atoms with Crippen LogP contribution in [0.2, 0.25) is 0 Å². The van der Waals surface area contributed by atoms with Crippen molar-refractivity contribution in [1.82, 2.24) is 0 Å². The van der Waals surface area contributed by atoms with Gasteiger partial charge in [0, 0.05) is 10.5 Å². The molecule has 0 amide bonds. The number of benzene rings is 1. The van der Waals surface area contributed by atoms with Crippen molar-refractivity contribution in [2.45, 2.75) is 18.9 Å². The van der Waals surface area contributed by atoms with Crippen molar-refractivity contribution in [3.8, 4) is 0 Å². The van der Waals surface area contributed by atoms with Gasteiger partial charge in [-0.05, 0) is 37.1 Å². The van der Waals surface area contributed by atoms with Crippen LogP contribution in [0.15, 0.2) is 28.7 Å². The summed E-state index contributed by atoms with van der Waals surface area (Å²) in [6.07, 6.45) is 1.94. The van der Waals surface area contributed by atoms with E-state index >= 15 is 0 Å². The van der Waals surface area contributed by atoms with E-state index in [-0.39, 0.29) is 18.4 Å². The van der Waals surface area contributed by atoms with Gasteiger partial charge in [-0.25, -0.2) is 0 Å². The molecule has 0 heterocycles. The predicted molar refractivity (Wildman–Crippen MR) is 66.6 cm³/mol. The van der Waals surface area contributed by atoms with Crippen molar-refractivity contribution < 1.29 is 0 Å². The molecule has 0 fully saturated rings. The Morgan fingerprint density at radius 1 is 1.21 bits per heavy atom. The number of nitrogens with two attached hydrogens (primary N) is 2. The van der Waals surface area contributed by atoms with E-state index in [1.165, 1.54) is 5.56 Å². The van der Waals surface area contributed by atoms with Gasteiger partial charge in [-0.1, -0.05) is 28.1 Å². The zero-order valence-electron chi connectivity index (χ0n) is 7.95. The summed E-state index contributed by atoms with van der Waals surface area (Å²) < 4.78 is 1.09. The maximum absolute atomic E-state index is 5.96. The van der Waals surface area contributed by atoms with Crippen molar-refractivity contribution >= 4 is 28.3 Å². The summed E-state index contributed by atoms with van der Waals surface area (Å²) in [6, 6.07) is 8.24. The van der Waals surface area contributed by atoms with Crippen LogP contribution in [-0.2, 0) is 0 Å². The standard InChI is InChI=1S/C10H15BrN2.ClH/c11-9-5-3-8(4-6-9)10(13)2-1-7-12;/h3-6,10H,1-2,7,12-13H2;1H/t10-;/m0./s1. The van der Waals surface area contributed by atoms with E-state index in [2.05, 4.69) is 15.9 Å². The van der Waals surface area contributed by atoms with E-state index in [1.54, 1.807) is 0 Å². The molecular formula is C10H16BrClN2. The number of halogens is 2. The zero-order valence-corrected chi connectivity index (χ0v) is 10.4. The SMILES string of the molecule is Cl.NCCC[C@H](N)c1ccc(Br)cc1. The lowest BCUT2D eigenvalue weighted by atomic mass is 10.0. The molecule has 0 aliphatic carbocycles. The van der Waals surface area contributed by atoms with Crippen LogP contribution in [-0.4, -0.2) is 6.54 Å². The van der Waals surface area contributed by atoms with Gasteiger partial charge >= 0.3 is 0 Å². The molecule has 0 radical (unpaired) electrons. The number of hydrogen-bond acceptors (Lipinski definition) is 2. The third-order valence-electron chi connectivity index (χ3n) is 2.02. The predicted octanol–water partition coefficient (Wildman–Crippen LogP) is 2.61. The fourth-order valence-electron chi connectivity index (χ4n) is 1.21. The normalized spacial score (nSPS) is 11.9. The maximum Gasteiger partial charge on any atom is 0.0295 e. The fourth-order valence-corrected chi connectivity index (χ4v) is 1.48. The summed E-state index contributed by atoms with van der Waals surface area (Å²) >= 11 is 3.39. The molecule has 4 heteroatoms. The molecule has 80 valence electrons. The first-order valence-electron chi connectivity index (χ1n) is 4.45. The molecule has 1 aromatic carbocycles. The first-order chi connectivity index (χ1) is 6.24. The molecule has 0 unspecified atom stereocenters. The highest BCUT2D eigenvalue weighted by Gasteiger charge is 2.03. The highest BCUT2D eigenvalue weighted by Crippen LogP contribution is 2.18. The van der Waals surface area contributed by atoms with E-state index in [0.717, 1.165) is 17.3 Å². The third kappa shape index (κ3) is 4.42. The molecular weight excluding hydrogens is 263 g/mol. The molecule has 4 N–H and O–H groups in total. The maximum atomic E-state index is 5.96. The van der Waals surface area contributed by atoms with Gasteiger partial charge in [-0.3, -0.25) is 0 Å². The van der Waals surface area contributed by atoms with Crippen LogP contribution in [0.5, 0.6) is 0 Å². The molecule has 0 bridgehead atoms. The average molecular weight is 280 g/mol. The number of rotatable bonds is 4. The van der Waals surface area contributed by atoms with Crippen LogP contribution in [0.4, 0.5) is 0 Å². The largest absolute Gasteiger partial charge is 0.330 e. The van der Waals surface area contributed by atoms with Gasteiger partial charge in [0.05, 0.1) is 0 Å². The van der Waals surface area contributed by atoms with Crippen molar-refractivity contribution in [3.05, 3.63) is 34.3 Å². The Balaban J connectivity index is 0.00000169. The lowest BCUT2D eigenvalue weighted by Crippen LogP contribution is -2.12. The van der Waals surface area contributed by atoms with E-state index in [9.17, 15) is 0 Å². The Morgan fingerprint density at radius 2 is 1.79 bits per heavy atom. The van der Waals surface area contributed by atoms with E-state index in [0.29, 0.717) is 6.54 Å². The molecule has 1 aromatic rings. The molecule has 0 saturated heterocycles.